The van der Waals surface area contributed by atoms with Crippen molar-refractivity contribution in [1.82, 2.24) is 0 Å². The average molecular weight is 236 g/mol. The van der Waals surface area contributed by atoms with Crippen LogP contribution in [0.1, 0.15) is 20.3 Å². The van der Waals surface area contributed by atoms with Gasteiger partial charge in [0.05, 0.1) is 21.3 Å². The minimum absolute atomic E-state index is 0.193. The van der Waals surface area contributed by atoms with Crippen LogP contribution in [0.2, 0.25) is 25.2 Å². The van der Waals surface area contributed by atoms with Gasteiger partial charge in [-0.3, -0.25) is 0 Å². The van der Waals surface area contributed by atoms with Crippen LogP contribution in [0.15, 0.2) is 23.3 Å². The van der Waals surface area contributed by atoms with Crippen LogP contribution in [0.25, 0.3) is 0 Å². The molecule has 0 N–H and O–H groups in total. The molecular formula is C14H24OSi. The van der Waals surface area contributed by atoms with Crippen molar-refractivity contribution >= 4 is 8.07 Å². The molecule has 1 nitrogen and oxygen atoms in total. The van der Waals surface area contributed by atoms with E-state index in [-0.39, 0.29) is 5.41 Å². The van der Waals surface area contributed by atoms with Crippen molar-refractivity contribution in [3.8, 4) is 0 Å². The summed E-state index contributed by atoms with van der Waals surface area (Å²) >= 11 is 0. The Hall–Kier alpha value is -0.343. The fourth-order valence-corrected chi connectivity index (χ4v) is 5.50. The van der Waals surface area contributed by atoms with Crippen molar-refractivity contribution < 1.29 is 4.74 Å². The Morgan fingerprint density at radius 3 is 2.69 bits per heavy atom. The zero-order chi connectivity index (χ0) is 12.0. The molecule has 2 rings (SSSR count). The first-order valence-corrected chi connectivity index (χ1v) is 9.88. The summed E-state index contributed by atoms with van der Waals surface area (Å²) in [5.41, 5.74) is 4.18. The van der Waals surface area contributed by atoms with Gasteiger partial charge in [0.2, 0.25) is 0 Å². The Kier molecular flexibility index (Phi) is 2.91. The summed E-state index contributed by atoms with van der Waals surface area (Å²) in [7, 11) is -1.11. The molecule has 1 aliphatic heterocycles. The summed E-state index contributed by atoms with van der Waals surface area (Å²) in [6.07, 6.45) is 6.02. The molecule has 0 unspecified atom stereocenters. The van der Waals surface area contributed by atoms with Crippen LogP contribution in [0, 0.1) is 5.41 Å². The van der Waals surface area contributed by atoms with Crippen LogP contribution in [-0.2, 0) is 4.74 Å². The van der Waals surface area contributed by atoms with E-state index in [0.29, 0.717) is 0 Å². The first kappa shape index (κ1) is 12.1. The predicted octanol–water partition coefficient (Wildman–Crippen LogP) is 4.01. The van der Waals surface area contributed by atoms with Crippen LogP contribution < -0.4 is 0 Å². The molecule has 0 aromatic carbocycles. The van der Waals surface area contributed by atoms with E-state index >= 15 is 0 Å². The highest BCUT2D eigenvalue weighted by atomic mass is 28.3. The van der Waals surface area contributed by atoms with Crippen molar-refractivity contribution in [1.29, 1.82) is 0 Å². The number of hydrogen-bond acceptors (Lipinski definition) is 1. The third-order valence-electron chi connectivity index (χ3n) is 4.24. The Bertz CT molecular complexity index is 348. The molecule has 90 valence electrons. The lowest BCUT2D eigenvalue weighted by Gasteiger charge is -2.30. The minimum Gasteiger partial charge on any atom is -0.376 e. The molecular weight excluding hydrogens is 212 g/mol. The molecule has 1 fully saturated rings. The van der Waals surface area contributed by atoms with Gasteiger partial charge in [-0.15, -0.1) is 0 Å². The van der Waals surface area contributed by atoms with E-state index in [4.69, 9.17) is 4.74 Å². The molecule has 0 radical (unpaired) electrons. The summed E-state index contributed by atoms with van der Waals surface area (Å²) in [4.78, 5) is 0. The van der Waals surface area contributed by atoms with Crippen LogP contribution >= 0.6 is 0 Å². The Morgan fingerprint density at radius 1 is 1.38 bits per heavy atom. The summed E-state index contributed by atoms with van der Waals surface area (Å²) in [6.45, 7) is 13.8. The molecule has 16 heavy (non-hydrogen) atoms. The molecule has 1 heterocycles. The second kappa shape index (κ2) is 3.85. The van der Waals surface area contributed by atoms with Gasteiger partial charge < -0.3 is 4.74 Å². The molecule has 2 atom stereocenters. The number of ether oxygens (including phenoxy) is 1. The maximum absolute atomic E-state index is 5.69. The molecule has 1 aliphatic carbocycles. The summed E-state index contributed by atoms with van der Waals surface area (Å²) in [5, 5.41) is 0. The van der Waals surface area contributed by atoms with Crippen LogP contribution in [-0.4, -0.2) is 21.3 Å². The van der Waals surface area contributed by atoms with Gasteiger partial charge in [-0.05, 0) is 24.5 Å². The maximum Gasteiger partial charge on any atom is 0.0689 e. The molecule has 0 spiro atoms. The van der Waals surface area contributed by atoms with Gasteiger partial charge in [-0.2, -0.15) is 0 Å². The van der Waals surface area contributed by atoms with E-state index in [2.05, 4.69) is 45.6 Å². The lowest BCUT2D eigenvalue weighted by molar-refractivity contribution is 0.175. The third kappa shape index (κ3) is 1.93. The number of rotatable bonds is 1. The fraction of sp³-hybridized carbons (Fsp3) is 0.714. The van der Waals surface area contributed by atoms with Gasteiger partial charge in [0, 0.05) is 5.41 Å². The predicted molar refractivity (Wildman–Crippen MR) is 72.5 cm³/mol. The van der Waals surface area contributed by atoms with E-state index in [1.54, 1.807) is 11.1 Å². The number of allylic oxidation sites excluding steroid dienone is 2. The van der Waals surface area contributed by atoms with Gasteiger partial charge in [0.1, 0.15) is 0 Å². The number of fused-ring (bicyclic) bond motifs is 1. The van der Waals surface area contributed by atoms with Gasteiger partial charge in [-0.25, -0.2) is 0 Å². The fourth-order valence-electron chi connectivity index (χ4n) is 3.18. The highest BCUT2D eigenvalue weighted by Gasteiger charge is 2.39. The maximum atomic E-state index is 5.69. The van der Waals surface area contributed by atoms with Crippen molar-refractivity contribution in [3.63, 3.8) is 0 Å². The molecule has 2 heteroatoms. The topological polar surface area (TPSA) is 9.23 Å². The van der Waals surface area contributed by atoms with Crippen molar-refractivity contribution in [3.05, 3.63) is 23.3 Å². The lowest BCUT2D eigenvalue weighted by Crippen LogP contribution is -2.29. The van der Waals surface area contributed by atoms with Gasteiger partial charge >= 0.3 is 0 Å². The Labute approximate surface area is 101 Å². The van der Waals surface area contributed by atoms with Crippen LogP contribution in [0.3, 0.4) is 0 Å². The molecule has 1 saturated heterocycles. The smallest absolute Gasteiger partial charge is 0.0689 e. The highest BCUT2D eigenvalue weighted by molar-refractivity contribution is 6.78. The Morgan fingerprint density at radius 2 is 2.06 bits per heavy atom. The van der Waals surface area contributed by atoms with E-state index in [0.717, 1.165) is 18.8 Å². The largest absolute Gasteiger partial charge is 0.376 e. The normalized spacial score (nSPS) is 35.2. The monoisotopic (exact) mass is 236 g/mol. The molecule has 0 aromatic heterocycles. The highest BCUT2D eigenvalue weighted by Crippen LogP contribution is 2.46. The second-order valence-corrected chi connectivity index (χ2v) is 12.1. The van der Waals surface area contributed by atoms with Crippen LogP contribution in [0.4, 0.5) is 0 Å². The molecule has 2 aliphatic rings. The van der Waals surface area contributed by atoms with E-state index in [9.17, 15) is 0 Å². The van der Waals surface area contributed by atoms with E-state index in [1.165, 1.54) is 6.42 Å². The zero-order valence-corrected chi connectivity index (χ0v) is 12.3. The number of hydrogen-bond donors (Lipinski definition) is 0. The van der Waals surface area contributed by atoms with Crippen molar-refractivity contribution in [2.24, 2.45) is 5.41 Å². The summed E-state index contributed by atoms with van der Waals surface area (Å²) in [5.74, 6) is 0. The lowest BCUT2D eigenvalue weighted by atomic mass is 9.83. The quantitative estimate of drug-likeness (QED) is 0.494. The Balaban J connectivity index is 2.45. The van der Waals surface area contributed by atoms with Crippen LogP contribution in [0.5, 0.6) is 0 Å². The average Bonchev–Trinajstić information content (AvgIpc) is 2.47. The third-order valence-corrected chi connectivity index (χ3v) is 7.00. The van der Waals surface area contributed by atoms with Gasteiger partial charge in [0.25, 0.3) is 0 Å². The van der Waals surface area contributed by atoms with E-state index in [1.807, 2.05) is 0 Å². The van der Waals surface area contributed by atoms with Gasteiger partial charge in [-0.1, -0.05) is 44.3 Å². The van der Waals surface area contributed by atoms with Crippen molar-refractivity contribution in [2.45, 2.75) is 45.5 Å². The summed E-state index contributed by atoms with van der Waals surface area (Å²) < 4.78 is 5.69. The summed E-state index contributed by atoms with van der Waals surface area (Å²) in [6, 6.07) is 0. The first-order valence-electron chi connectivity index (χ1n) is 6.30. The minimum atomic E-state index is -1.11. The molecule has 0 amide bonds. The molecule has 0 bridgehead atoms. The SMILES string of the molecule is CC1=C2COC[C@]2(C)C=CC[C@@H]1[Si](C)(C)C. The van der Waals surface area contributed by atoms with Gasteiger partial charge in [0.15, 0.2) is 0 Å². The standard InChI is InChI=1S/C14H24OSi/c1-11-12-9-15-10-14(12,2)8-6-7-13(11)16(3,4)5/h6,8,13H,7,9-10H2,1-5H3/t13-,14-/m0/s1. The molecule has 0 aromatic rings. The van der Waals surface area contributed by atoms with Crippen molar-refractivity contribution in [2.75, 3.05) is 13.2 Å². The van der Waals surface area contributed by atoms with E-state index < -0.39 is 8.07 Å². The second-order valence-electron chi connectivity index (χ2n) is 6.63. The first-order chi connectivity index (χ1) is 7.34. The zero-order valence-electron chi connectivity index (χ0n) is 11.3. The molecule has 0 saturated carbocycles.